The van der Waals surface area contributed by atoms with E-state index < -0.39 is 0 Å². The molecule has 0 spiro atoms. The first-order valence-electron chi connectivity index (χ1n) is 10.7. The highest BCUT2D eigenvalue weighted by Crippen LogP contribution is 2.23. The Bertz CT molecular complexity index is 1110. The molecule has 160 valence electrons. The van der Waals surface area contributed by atoms with Crippen LogP contribution >= 0.6 is 0 Å². The van der Waals surface area contributed by atoms with Crippen molar-refractivity contribution in [1.82, 2.24) is 19.9 Å². The van der Waals surface area contributed by atoms with E-state index in [1.807, 2.05) is 24.3 Å². The van der Waals surface area contributed by atoms with Crippen molar-refractivity contribution in [3.63, 3.8) is 0 Å². The van der Waals surface area contributed by atoms with Gasteiger partial charge in [0.15, 0.2) is 0 Å². The van der Waals surface area contributed by atoms with Crippen molar-refractivity contribution in [2.45, 2.75) is 25.8 Å². The maximum atomic E-state index is 12.6. The molecule has 1 aliphatic rings. The van der Waals surface area contributed by atoms with Gasteiger partial charge in [-0.25, -0.2) is 4.98 Å². The third-order valence-corrected chi connectivity index (χ3v) is 5.71. The lowest BCUT2D eigenvalue weighted by molar-refractivity contribution is 0.462. The summed E-state index contributed by atoms with van der Waals surface area (Å²) in [4.78, 5) is 23.7. The van der Waals surface area contributed by atoms with Crippen LogP contribution in [0.25, 0.3) is 11.3 Å². The Hall–Kier alpha value is -3.32. The molecule has 0 aliphatic carbocycles. The lowest BCUT2D eigenvalue weighted by Gasteiger charge is -2.35. The van der Waals surface area contributed by atoms with Crippen LogP contribution < -0.4 is 15.8 Å². The van der Waals surface area contributed by atoms with Gasteiger partial charge in [-0.2, -0.15) is 0 Å². The molecule has 1 saturated heterocycles. The molecule has 0 saturated carbocycles. The first-order valence-corrected chi connectivity index (χ1v) is 10.7. The Morgan fingerprint density at radius 1 is 1.19 bits per heavy atom. The standard InChI is InChI=1S/C24H28N6O/c1-3-4-20(25)17-5-7-18(8-6-17)22-16-30(14-13-27-22)24-28-21(15-23(31)29(24)2)19-9-11-26-12-10-19/h5-12,15,22,25,27H,3-4,13-14,16H2,1-2H3. The van der Waals surface area contributed by atoms with Crippen LogP contribution in [0.15, 0.2) is 59.7 Å². The van der Waals surface area contributed by atoms with Gasteiger partial charge in [0.05, 0.1) is 5.69 Å². The van der Waals surface area contributed by atoms with Crippen LogP contribution in [0.3, 0.4) is 0 Å². The lowest BCUT2D eigenvalue weighted by Crippen LogP contribution is -2.47. The molecule has 3 heterocycles. The Morgan fingerprint density at radius 2 is 1.94 bits per heavy atom. The third kappa shape index (κ3) is 4.56. The van der Waals surface area contributed by atoms with Gasteiger partial charge >= 0.3 is 0 Å². The van der Waals surface area contributed by atoms with E-state index in [1.165, 1.54) is 5.56 Å². The molecule has 7 heteroatoms. The number of hydrogen-bond donors (Lipinski definition) is 2. The van der Waals surface area contributed by atoms with E-state index in [9.17, 15) is 4.79 Å². The molecule has 2 aromatic heterocycles. The van der Waals surface area contributed by atoms with Crippen molar-refractivity contribution in [1.29, 1.82) is 5.41 Å². The molecule has 3 aromatic rings. The molecule has 0 radical (unpaired) electrons. The van der Waals surface area contributed by atoms with E-state index in [1.54, 1.807) is 30.1 Å². The number of anilines is 1. The van der Waals surface area contributed by atoms with E-state index in [0.29, 0.717) is 23.9 Å². The fraction of sp³-hybridized carbons (Fsp3) is 0.333. The molecule has 1 aromatic carbocycles. The molecule has 2 N–H and O–H groups in total. The number of piperazine rings is 1. The van der Waals surface area contributed by atoms with Gasteiger partial charge in [-0.15, -0.1) is 0 Å². The van der Waals surface area contributed by atoms with Gasteiger partial charge in [-0.1, -0.05) is 37.6 Å². The summed E-state index contributed by atoms with van der Waals surface area (Å²) < 4.78 is 1.61. The van der Waals surface area contributed by atoms with Crippen LogP contribution in [0.4, 0.5) is 5.95 Å². The average Bonchev–Trinajstić information content (AvgIpc) is 2.81. The molecular formula is C24H28N6O. The quantitative estimate of drug-likeness (QED) is 0.603. The predicted molar refractivity (Wildman–Crippen MR) is 124 cm³/mol. The fourth-order valence-electron chi connectivity index (χ4n) is 3.95. The zero-order chi connectivity index (χ0) is 21.8. The van der Waals surface area contributed by atoms with Crippen LogP contribution in [-0.4, -0.2) is 39.9 Å². The van der Waals surface area contributed by atoms with Gasteiger partial charge in [0, 0.05) is 62.5 Å². The van der Waals surface area contributed by atoms with Gasteiger partial charge in [-0.3, -0.25) is 14.3 Å². The molecular weight excluding hydrogens is 388 g/mol. The number of nitrogens with one attached hydrogen (secondary N) is 2. The number of hydrogen-bond acceptors (Lipinski definition) is 6. The summed E-state index contributed by atoms with van der Waals surface area (Å²) in [7, 11) is 1.77. The SMILES string of the molecule is CCCC(=N)c1ccc(C2CN(c3nc(-c4ccncc4)cc(=O)n3C)CCN2)cc1. The Labute approximate surface area is 182 Å². The van der Waals surface area contributed by atoms with Gasteiger partial charge in [0.25, 0.3) is 5.56 Å². The predicted octanol–water partition coefficient (Wildman–Crippen LogP) is 3.16. The lowest BCUT2D eigenvalue weighted by atomic mass is 10.00. The molecule has 1 unspecified atom stereocenters. The van der Waals surface area contributed by atoms with E-state index in [2.05, 4.69) is 34.3 Å². The molecule has 1 fully saturated rings. The fourth-order valence-corrected chi connectivity index (χ4v) is 3.95. The molecule has 1 aliphatic heterocycles. The summed E-state index contributed by atoms with van der Waals surface area (Å²) in [5.41, 5.74) is 4.30. The second kappa shape index (κ2) is 9.22. The maximum Gasteiger partial charge on any atom is 0.255 e. The van der Waals surface area contributed by atoms with Crippen LogP contribution in [0.5, 0.6) is 0 Å². The second-order valence-electron chi connectivity index (χ2n) is 7.88. The van der Waals surface area contributed by atoms with Gasteiger partial charge in [-0.05, 0) is 29.7 Å². The Balaban J connectivity index is 1.58. The van der Waals surface area contributed by atoms with Crippen LogP contribution in [0.2, 0.25) is 0 Å². The van der Waals surface area contributed by atoms with Crippen molar-refractivity contribution < 1.29 is 0 Å². The van der Waals surface area contributed by atoms with E-state index in [4.69, 9.17) is 10.4 Å². The summed E-state index contributed by atoms with van der Waals surface area (Å²) in [6.07, 6.45) is 5.18. The molecule has 1 atom stereocenters. The number of nitrogens with zero attached hydrogens (tertiary/aromatic N) is 4. The summed E-state index contributed by atoms with van der Waals surface area (Å²) in [6, 6.07) is 13.7. The van der Waals surface area contributed by atoms with Crippen LogP contribution in [0.1, 0.15) is 36.9 Å². The van der Waals surface area contributed by atoms with E-state index in [-0.39, 0.29) is 11.6 Å². The third-order valence-electron chi connectivity index (χ3n) is 5.71. The van der Waals surface area contributed by atoms with Crippen LogP contribution in [0, 0.1) is 5.41 Å². The highest BCUT2D eigenvalue weighted by atomic mass is 16.1. The molecule has 4 rings (SSSR count). The summed E-state index contributed by atoms with van der Waals surface area (Å²) in [6.45, 7) is 4.38. The van der Waals surface area contributed by atoms with Gasteiger partial charge in [0.1, 0.15) is 0 Å². The van der Waals surface area contributed by atoms with E-state index in [0.717, 1.165) is 37.1 Å². The van der Waals surface area contributed by atoms with Gasteiger partial charge in [0.2, 0.25) is 5.95 Å². The molecule has 31 heavy (non-hydrogen) atoms. The largest absolute Gasteiger partial charge is 0.339 e. The highest BCUT2D eigenvalue weighted by molar-refractivity contribution is 5.98. The average molecular weight is 417 g/mol. The minimum atomic E-state index is -0.0781. The first kappa shape index (κ1) is 20.9. The number of aromatic nitrogens is 3. The first-order chi connectivity index (χ1) is 15.1. The number of rotatable bonds is 6. The number of pyridine rings is 1. The van der Waals surface area contributed by atoms with Crippen LogP contribution in [-0.2, 0) is 7.05 Å². The Kier molecular flexibility index (Phi) is 6.23. The normalized spacial score (nSPS) is 16.3. The van der Waals surface area contributed by atoms with Gasteiger partial charge < -0.3 is 15.6 Å². The van der Waals surface area contributed by atoms with E-state index >= 15 is 0 Å². The van der Waals surface area contributed by atoms with Crippen molar-refractivity contribution in [2.24, 2.45) is 7.05 Å². The maximum absolute atomic E-state index is 12.6. The molecule has 0 bridgehead atoms. The monoisotopic (exact) mass is 416 g/mol. The number of benzene rings is 1. The summed E-state index contributed by atoms with van der Waals surface area (Å²) in [5, 5.41) is 11.7. The zero-order valence-electron chi connectivity index (χ0n) is 18.0. The summed E-state index contributed by atoms with van der Waals surface area (Å²) >= 11 is 0. The minimum absolute atomic E-state index is 0.0781. The second-order valence-corrected chi connectivity index (χ2v) is 7.88. The topological polar surface area (TPSA) is 86.9 Å². The smallest absolute Gasteiger partial charge is 0.255 e. The van der Waals surface area contributed by atoms with Crippen molar-refractivity contribution >= 4 is 11.7 Å². The van der Waals surface area contributed by atoms with Crippen molar-refractivity contribution in [3.05, 3.63) is 76.3 Å². The Morgan fingerprint density at radius 3 is 2.65 bits per heavy atom. The molecule has 7 nitrogen and oxygen atoms in total. The van der Waals surface area contributed by atoms with Crippen molar-refractivity contribution in [2.75, 3.05) is 24.5 Å². The molecule has 0 amide bonds. The minimum Gasteiger partial charge on any atom is -0.339 e. The summed E-state index contributed by atoms with van der Waals surface area (Å²) in [5.74, 6) is 0.673. The van der Waals surface area contributed by atoms with Crippen molar-refractivity contribution in [3.8, 4) is 11.3 Å². The highest BCUT2D eigenvalue weighted by Gasteiger charge is 2.24. The zero-order valence-corrected chi connectivity index (χ0v) is 18.0.